The molecule has 0 unspecified atom stereocenters. The van der Waals surface area contributed by atoms with Gasteiger partial charge in [-0.05, 0) is 19.3 Å². The number of aliphatic hydroxyl groups excluding tert-OH is 1. The smallest absolute Gasteiger partial charge is 0.235 e. The van der Waals surface area contributed by atoms with Crippen molar-refractivity contribution >= 4 is 23.7 Å². The number of aromatic amines is 1. The Hall–Kier alpha value is -2.50. The number of nitrogens with one attached hydrogen (secondary N) is 2. The average Bonchev–Trinajstić information content (AvgIpc) is 3.38. The number of hydrogen-bond acceptors (Lipinski definition) is 10. The lowest BCUT2D eigenvalue weighted by Crippen LogP contribution is -2.48. The minimum absolute atomic E-state index is 0.339. The largest absolute Gasteiger partial charge is 0.391 e. The molecule has 31 heavy (non-hydrogen) atoms. The Kier molecular flexibility index (Phi) is 5.88. The van der Waals surface area contributed by atoms with Crippen molar-refractivity contribution in [2.75, 3.05) is 74.6 Å². The predicted octanol–water partition coefficient (Wildman–Crippen LogP) is 0.555. The van der Waals surface area contributed by atoms with Gasteiger partial charge < -0.3 is 25.0 Å². The fourth-order valence-electron chi connectivity index (χ4n) is 4.13. The highest BCUT2D eigenvalue weighted by Crippen LogP contribution is 2.39. The van der Waals surface area contributed by atoms with Gasteiger partial charge in [0.1, 0.15) is 0 Å². The normalized spacial score (nSPS) is 22.3. The molecule has 0 amide bonds. The number of rotatable bonds is 8. The Bertz CT molecular complexity index is 879. The van der Waals surface area contributed by atoms with E-state index in [9.17, 15) is 5.11 Å². The van der Waals surface area contributed by atoms with Crippen molar-refractivity contribution in [2.45, 2.75) is 31.3 Å². The molecule has 1 atom stereocenters. The monoisotopic (exact) mass is 429 g/mol. The number of piperazine rings is 1. The fourth-order valence-corrected chi connectivity index (χ4v) is 4.13. The van der Waals surface area contributed by atoms with Crippen molar-refractivity contribution < 1.29 is 9.84 Å². The standard InChI is InChI=1S/C20H31N9O2/c1-31-11-10-27-6-8-28(9-7-27)19-22-18(21-17-12-16(25-26-17)14-2-3-14)23-20(24-19)29-5-4-15(30)13-29/h12,14-15,30H,2-11,13H2,1H3,(H2,21,22,23,24,25,26)/t15-/m0/s1. The number of ether oxygens (including phenoxy) is 1. The van der Waals surface area contributed by atoms with E-state index in [0.29, 0.717) is 30.3 Å². The van der Waals surface area contributed by atoms with Crippen molar-refractivity contribution in [3.05, 3.63) is 11.8 Å². The summed E-state index contributed by atoms with van der Waals surface area (Å²) in [5.41, 5.74) is 1.16. The summed E-state index contributed by atoms with van der Waals surface area (Å²) in [5, 5.41) is 20.7. The molecule has 2 aromatic rings. The number of hydrogen-bond donors (Lipinski definition) is 3. The van der Waals surface area contributed by atoms with Crippen LogP contribution in [0.1, 0.15) is 30.9 Å². The van der Waals surface area contributed by atoms with E-state index in [2.05, 4.69) is 30.3 Å². The molecule has 0 aromatic carbocycles. The van der Waals surface area contributed by atoms with Crippen molar-refractivity contribution in [3.63, 3.8) is 0 Å². The molecule has 3 N–H and O–H groups in total. The van der Waals surface area contributed by atoms with Crippen molar-refractivity contribution in [1.82, 2.24) is 30.0 Å². The first-order valence-electron chi connectivity index (χ1n) is 11.2. The number of H-pyrrole nitrogens is 1. The zero-order valence-corrected chi connectivity index (χ0v) is 18.0. The molecule has 4 heterocycles. The van der Waals surface area contributed by atoms with Crippen LogP contribution < -0.4 is 15.1 Å². The van der Waals surface area contributed by atoms with Gasteiger partial charge in [-0.3, -0.25) is 10.00 Å². The molecule has 0 spiro atoms. The molecule has 1 aliphatic carbocycles. The van der Waals surface area contributed by atoms with E-state index in [0.717, 1.165) is 63.8 Å². The van der Waals surface area contributed by atoms with Gasteiger partial charge in [-0.2, -0.15) is 20.1 Å². The Balaban J connectivity index is 1.34. The molecular formula is C20H31N9O2. The number of methoxy groups -OCH3 is 1. The van der Waals surface area contributed by atoms with Gasteiger partial charge in [-0.25, -0.2) is 0 Å². The molecule has 0 radical (unpaired) electrons. The zero-order valence-electron chi connectivity index (χ0n) is 18.0. The van der Waals surface area contributed by atoms with Crippen LogP contribution in [0.25, 0.3) is 0 Å². The van der Waals surface area contributed by atoms with Crippen molar-refractivity contribution in [3.8, 4) is 0 Å². The zero-order chi connectivity index (χ0) is 21.2. The van der Waals surface area contributed by atoms with Crippen molar-refractivity contribution in [2.24, 2.45) is 0 Å². The van der Waals surface area contributed by atoms with Gasteiger partial charge in [-0.1, -0.05) is 0 Å². The highest BCUT2D eigenvalue weighted by molar-refractivity contribution is 5.53. The molecule has 3 aliphatic rings. The van der Waals surface area contributed by atoms with E-state index in [1.165, 1.54) is 12.8 Å². The summed E-state index contributed by atoms with van der Waals surface area (Å²) in [6.45, 7) is 6.55. The van der Waals surface area contributed by atoms with Crippen LogP contribution in [0.3, 0.4) is 0 Å². The van der Waals surface area contributed by atoms with Crippen LogP contribution in [0.4, 0.5) is 23.7 Å². The maximum absolute atomic E-state index is 9.98. The van der Waals surface area contributed by atoms with Crippen LogP contribution in [0.2, 0.25) is 0 Å². The summed E-state index contributed by atoms with van der Waals surface area (Å²) >= 11 is 0. The molecular weight excluding hydrogens is 398 g/mol. The second kappa shape index (κ2) is 8.93. The lowest BCUT2D eigenvalue weighted by atomic mass is 10.3. The van der Waals surface area contributed by atoms with Gasteiger partial charge >= 0.3 is 0 Å². The van der Waals surface area contributed by atoms with E-state index < -0.39 is 0 Å². The maximum atomic E-state index is 9.98. The summed E-state index contributed by atoms with van der Waals surface area (Å²) in [5.74, 6) is 3.07. The fraction of sp³-hybridized carbons (Fsp3) is 0.700. The van der Waals surface area contributed by atoms with Crippen LogP contribution in [0, 0.1) is 0 Å². The van der Waals surface area contributed by atoms with Crippen LogP contribution in [0.5, 0.6) is 0 Å². The van der Waals surface area contributed by atoms with Gasteiger partial charge in [-0.15, -0.1) is 0 Å². The summed E-state index contributed by atoms with van der Waals surface area (Å²) < 4.78 is 5.20. The van der Waals surface area contributed by atoms with Crippen LogP contribution in [0.15, 0.2) is 6.07 Å². The van der Waals surface area contributed by atoms with Crippen LogP contribution >= 0.6 is 0 Å². The first-order valence-corrected chi connectivity index (χ1v) is 11.2. The molecule has 1 saturated carbocycles. The third-order valence-electron chi connectivity index (χ3n) is 6.18. The van der Waals surface area contributed by atoms with Crippen molar-refractivity contribution in [1.29, 1.82) is 0 Å². The Morgan fingerprint density at radius 2 is 1.84 bits per heavy atom. The number of nitrogens with zero attached hydrogens (tertiary/aromatic N) is 7. The highest BCUT2D eigenvalue weighted by Gasteiger charge is 2.27. The number of aromatic nitrogens is 5. The highest BCUT2D eigenvalue weighted by atomic mass is 16.5. The van der Waals surface area contributed by atoms with Crippen LogP contribution in [-0.2, 0) is 4.74 Å². The molecule has 168 valence electrons. The third-order valence-corrected chi connectivity index (χ3v) is 6.18. The molecule has 2 saturated heterocycles. The summed E-state index contributed by atoms with van der Waals surface area (Å²) in [7, 11) is 1.74. The second-order valence-corrected chi connectivity index (χ2v) is 8.58. The van der Waals surface area contributed by atoms with Gasteiger partial charge in [0.15, 0.2) is 5.82 Å². The minimum Gasteiger partial charge on any atom is -0.391 e. The van der Waals surface area contributed by atoms with Gasteiger partial charge in [0.25, 0.3) is 0 Å². The molecule has 11 nitrogen and oxygen atoms in total. The van der Waals surface area contributed by atoms with Gasteiger partial charge in [0.05, 0.1) is 12.7 Å². The first kappa shape index (κ1) is 20.4. The summed E-state index contributed by atoms with van der Waals surface area (Å²) in [4.78, 5) is 20.7. The summed E-state index contributed by atoms with van der Waals surface area (Å²) in [6.07, 6.45) is 2.82. The summed E-state index contributed by atoms with van der Waals surface area (Å²) in [6, 6.07) is 2.04. The second-order valence-electron chi connectivity index (χ2n) is 8.58. The molecule has 2 aromatic heterocycles. The average molecular weight is 430 g/mol. The Labute approximate surface area is 181 Å². The third kappa shape index (κ3) is 4.89. The molecule has 3 fully saturated rings. The molecule has 11 heteroatoms. The Morgan fingerprint density at radius 3 is 2.52 bits per heavy atom. The predicted molar refractivity (Wildman–Crippen MR) is 117 cm³/mol. The lowest BCUT2D eigenvalue weighted by molar-refractivity contribution is 0.143. The van der Waals surface area contributed by atoms with E-state index in [-0.39, 0.29) is 6.10 Å². The molecule has 2 aliphatic heterocycles. The van der Waals surface area contributed by atoms with Gasteiger partial charge in [0, 0.05) is 70.6 Å². The van der Waals surface area contributed by atoms with Crippen LogP contribution in [-0.4, -0.2) is 101 Å². The van der Waals surface area contributed by atoms with E-state index >= 15 is 0 Å². The molecule has 5 rings (SSSR count). The maximum Gasteiger partial charge on any atom is 0.235 e. The van der Waals surface area contributed by atoms with E-state index in [1.54, 1.807) is 7.11 Å². The number of β-amino-alcohol motifs (C(OH)–C–C–N with tert-alkyl or cyclic N) is 1. The minimum atomic E-state index is -0.339. The SMILES string of the molecule is COCCN1CCN(c2nc(Nc3cc(C4CC4)[nH]n3)nc(N3CC[C@H](O)C3)n2)CC1. The number of anilines is 4. The van der Waals surface area contributed by atoms with Gasteiger partial charge in [0.2, 0.25) is 17.8 Å². The Morgan fingerprint density at radius 1 is 1.06 bits per heavy atom. The lowest BCUT2D eigenvalue weighted by Gasteiger charge is -2.34. The quantitative estimate of drug-likeness (QED) is 0.549. The van der Waals surface area contributed by atoms with E-state index in [4.69, 9.17) is 14.7 Å². The van der Waals surface area contributed by atoms with E-state index in [1.807, 2.05) is 11.0 Å². The topological polar surface area (TPSA) is 119 Å². The first-order chi connectivity index (χ1) is 15.2. The molecule has 0 bridgehead atoms. The number of aliphatic hydroxyl groups is 1.